The van der Waals surface area contributed by atoms with Crippen LogP contribution in [0.25, 0.3) is 12.2 Å². The third-order valence-electron chi connectivity index (χ3n) is 2.30. The molecular formula is C13H9BrN2O2. The molecule has 0 saturated heterocycles. The highest BCUT2D eigenvalue weighted by atomic mass is 79.9. The monoisotopic (exact) mass is 304 g/mol. The number of benzene rings is 1. The highest BCUT2D eigenvalue weighted by Crippen LogP contribution is 2.18. The molecule has 0 bridgehead atoms. The number of hydrogen-bond acceptors (Lipinski definition) is 3. The first kappa shape index (κ1) is 12.4. The summed E-state index contributed by atoms with van der Waals surface area (Å²) >= 11 is 3.42. The molecule has 1 heterocycles. The van der Waals surface area contributed by atoms with Crippen LogP contribution in [-0.2, 0) is 0 Å². The molecule has 0 saturated carbocycles. The summed E-state index contributed by atoms with van der Waals surface area (Å²) in [6.07, 6.45) is 6.07. The first-order chi connectivity index (χ1) is 8.68. The summed E-state index contributed by atoms with van der Waals surface area (Å²) < 4.78 is 0.937. The number of nitrogens with zero attached hydrogens (tertiary/aromatic N) is 2. The molecule has 2 rings (SSSR count). The molecular weight excluding hydrogens is 296 g/mol. The Morgan fingerprint density at radius 3 is 2.78 bits per heavy atom. The number of aromatic carboxylic acids is 1. The van der Waals surface area contributed by atoms with Crippen molar-refractivity contribution in [3.63, 3.8) is 0 Å². The van der Waals surface area contributed by atoms with Gasteiger partial charge in [-0.05, 0) is 17.7 Å². The third kappa shape index (κ3) is 2.81. The average Bonchev–Trinajstić information content (AvgIpc) is 2.38. The van der Waals surface area contributed by atoms with Gasteiger partial charge in [-0.15, -0.1) is 0 Å². The van der Waals surface area contributed by atoms with Gasteiger partial charge in [0.2, 0.25) is 0 Å². The number of carboxylic acid groups (broad SMARTS) is 1. The van der Waals surface area contributed by atoms with E-state index in [4.69, 9.17) is 5.11 Å². The Bertz CT molecular complexity index is 611. The van der Waals surface area contributed by atoms with Gasteiger partial charge in [0.1, 0.15) is 11.9 Å². The van der Waals surface area contributed by atoms with E-state index >= 15 is 0 Å². The Hall–Kier alpha value is -2.01. The van der Waals surface area contributed by atoms with Crippen LogP contribution in [0.1, 0.15) is 21.6 Å². The lowest BCUT2D eigenvalue weighted by atomic mass is 10.1. The van der Waals surface area contributed by atoms with Crippen LogP contribution in [-0.4, -0.2) is 21.0 Å². The molecule has 90 valence electrons. The van der Waals surface area contributed by atoms with Crippen molar-refractivity contribution < 1.29 is 9.90 Å². The summed E-state index contributed by atoms with van der Waals surface area (Å²) in [6, 6.07) is 7.65. The predicted molar refractivity (Wildman–Crippen MR) is 72.1 cm³/mol. The number of hydrogen-bond donors (Lipinski definition) is 1. The fraction of sp³-hybridized carbons (Fsp3) is 0. The zero-order chi connectivity index (χ0) is 13.0. The fourth-order valence-electron chi connectivity index (χ4n) is 1.42. The Morgan fingerprint density at radius 1 is 1.28 bits per heavy atom. The summed E-state index contributed by atoms with van der Waals surface area (Å²) in [6.45, 7) is 0. The molecule has 0 amide bonds. The molecule has 0 aliphatic rings. The lowest BCUT2D eigenvalue weighted by Crippen LogP contribution is -2.02. The largest absolute Gasteiger partial charge is 0.478 e. The second-order valence-electron chi connectivity index (χ2n) is 3.48. The molecule has 1 aromatic carbocycles. The molecule has 0 fully saturated rings. The normalized spacial score (nSPS) is 10.7. The first-order valence-electron chi connectivity index (χ1n) is 5.14. The molecule has 0 aliphatic heterocycles. The predicted octanol–water partition coefficient (Wildman–Crippen LogP) is 3.11. The van der Waals surface area contributed by atoms with Crippen molar-refractivity contribution in [3.05, 3.63) is 58.1 Å². The quantitative estimate of drug-likeness (QED) is 0.946. The van der Waals surface area contributed by atoms with Crippen molar-refractivity contribution in [2.75, 3.05) is 0 Å². The van der Waals surface area contributed by atoms with E-state index in [1.165, 1.54) is 12.5 Å². The van der Waals surface area contributed by atoms with E-state index in [-0.39, 0.29) is 5.56 Å². The number of rotatable bonds is 3. The van der Waals surface area contributed by atoms with E-state index in [2.05, 4.69) is 25.9 Å². The molecule has 2 aromatic rings. The summed E-state index contributed by atoms with van der Waals surface area (Å²) in [5.74, 6) is -1.04. The van der Waals surface area contributed by atoms with Gasteiger partial charge in [-0.2, -0.15) is 0 Å². The van der Waals surface area contributed by atoms with Gasteiger partial charge >= 0.3 is 5.97 Å². The lowest BCUT2D eigenvalue weighted by Gasteiger charge is -1.99. The van der Waals surface area contributed by atoms with Gasteiger partial charge < -0.3 is 5.11 Å². The van der Waals surface area contributed by atoms with E-state index in [1.54, 1.807) is 12.2 Å². The Balaban J connectivity index is 2.35. The fourth-order valence-corrected chi connectivity index (χ4v) is 1.83. The van der Waals surface area contributed by atoms with E-state index in [0.717, 1.165) is 10.0 Å². The first-order valence-corrected chi connectivity index (χ1v) is 5.93. The molecule has 18 heavy (non-hydrogen) atoms. The van der Waals surface area contributed by atoms with Crippen molar-refractivity contribution in [2.45, 2.75) is 0 Å². The highest BCUT2D eigenvalue weighted by Gasteiger charge is 2.08. The molecule has 4 nitrogen and oxygen atoms in total. The molecule has 0 spiro atoms. The average molecular weight is 305 g/mol. The highest BCUT2D eigenvalue weighted by molar-refractivity contribution is 9.10. The van der Waals surface area contributed by atoms with Crippen LogP contribution in [0.3, 0.4) is 0 Å². The van der Waals surface area contributed by atoms with Gasteiger partial charge in [0, 0.05) is 10.7 Å². The minimum Gasteiger partial charge on any atom is -0.478 e. The van der Waals surface area contributed by atoms with Crippen LogP contribution in [0, 0.1) is 0 Å². The van der Waals surface area contributed by atoms with E-state index in [9.17, 15) is 4.79 Å². The van der Waals surface area contributed by atoms with Crippen molar-refractivity contribution in [1.82, 2.24) is 9.97 Å². The molecule has 1 aromatic heterocycles. The van der Waals surface area contributed by atoms with Crippen molar-refractivity contribution in [2.24, 2.45) is 0 Å². The summed E-state index contributed by atoms with van der Waals surface area (Å²) in [5, 5.41) is 8.99. The maximum absolute atomic E-state index is 11.0. The number of halogens is 1. The van der Waals surface area contributed by atoms with Gasteiger partial charge in [0.05, 0.1) is 5.69 Å². The standard InChI is InChI=1S/C13H9BrN2O2/c14-11-4-2-1-3-9(11)5-6-12-10(13(17)18)7-15-8-16-12/h1-8H,(H,17,18)/b6-5+. The van der Waals surface area contributed by atoms with Crippen LogP contribution >= 0.6 is 15.9 Å². The second-order valence-corrected chi connectivity index (χ2v) is 4.34. The van der Waals surface area contributed by atoms with Crippen molar-refractivity contribution in [1.29, 1.82) is 0 Å². The number of aromatic nitrogens is 2. The smallest absolute Gasteiger partial charge is 0.339 e. The van der Waals surface area contributed by atoms with Crippen LogP contribution in [0.4, 0.5) is 0 Å². The zero-order valence-corrected chi connectivity index (χ0v) is 10.8. The number of carboxylic acids is 1. The molecule has 0 aliphatic carbocycles. The SMILES string of the molecule is O=C(O)c1cncnc1/C=C/c1ccccc1Br. The van der Waals surface area contributed by atoms with Crippen molar-refractivity contribution >= 4 is 34.1 Å². The van der Waals surface area contributed by atoms with Gasteiger partial charge in [0.15, 0.2) is 0 Å². The minimum absolute atomic E-state index is 0.0841. The minimum atomic E-state index is -1.04. The van der Waals surface area contributed by atoms with Gasteiger partial charge in [-0.3, -0.25) is 0 Å². The molecule has 0 radical (unpaired) electrons. The van der Waals surface area contributed by atoms with E-state index in [0.29, 0.717) is 5.69 Å². The van der Waals surface area contributed by atoms with Crippen LogP contribution in [0.15, 0.2) is 41.3 Å². The summed E-state index contributed by atoms with van der Waals surface area (Å²) in [7, 11) is 0. The zero-order valence-electron chi connectivity index (χ0n) is 9.25. The summed E-state index contributed by atoms with van der Waals surface area (Å²) in [5.41, 5.74) is 1.42. The van der Waals surface area contributed by atoms with E-state index < -0.39 is 5.97 Å². The Kier molecular flexibility index (Phi) is 3.84. The van der Waals surface area contributed by atoms with Crippen LogP contribution in [0.2, 0.25) is 0 Å². The third-order valence-corrected chi connectivity index (χ3v) is 3.02. The molecule has 0 atom stereocenters. The molecule has 1 N–H and O–H groups in total. The maximum atomic E-state index is 11.0. The lowest BCUT2D eigenvalue weighted by molar-refractivity contribution is 0.0695. The Labute approximate surface area is 112 Å². The second kappa shape index (κ2) is 5.55. The molecule has 0 unspecified atom stereocenters. The van der Waals surface area contributed by atoms with Crippen molar-refractivity contribution in [3.8, 4) is 0 Å². The maximum Gasteiger partial charge on any atom is 0.339 e. The summed E-state index contributed by atoms with van der Waals surface area (Å²) in [4.78, 5) is 18.6. The molecule has 5 heteroatoms. The number of carbonyl (C=O) groups is 1. The van der Waals surface area contributed by atoms with Crippen LogP contribution in [0.5, 0.6) is 0 Å². The van der Waals surface area contributed by atoms with Crippen LogP contribution < -0.4 is 0 Å². The van der Waals surface area contributed by atoms with Gasteiger partial charge in [-0.25, -0.2) is 14.8 Å². The topological polar surface area (TPSA) is 63.1 Å². The van der Waals surface area contributed by atoms with Gasteiger partial charge in [-0.1, -0.05) is 40.2 Å². The Morgan fingerprint density at radius 2 is 2.06 bits per heavy atom. The van der Waals surface area contributed by atoms with E-state index in [1.807, 2.05) is 24.3 Å². The van der Waals surface area contributed by atoms with Gasteiger partial charge in [0.25, 0.3) is 0 Å².